The summed E-state index contributed by atoms with van der Waals surface area (Å²) in [6, 6.07) is 7.52. The molecule has 2 N–H and O–H groups in total. The predicted octanol–water partition coefficient (Wildman–Crippen LogP) is 1.79. The summed E-state index contributed by atoms with van der Waals surface area (Å²) >= 11 is 0. The van der Waals surface area contributed by atoms with Crippen molar-refractivity contribution in [2.45, 2.75) is 0 Å². The molecule has 2 rings (SSSR count). The normalized spacial score (nSPS) is 10.5. The predicted molar refractivity (Wildman–Crippen MR) is 71.5 cm³/mol. The van der Waals surface area contributed by atoms with Crippen LogP contribution in [-0.4, -0.2) is 40.6 Å². The number of rotatable bonds is 5. The van der Waals surface area contributed by atoms with Gasteiger partial charge in [0.25, 0.3) is 5.91 Å². The quantitative estimate of drug-likeness (QED) is 0.788. The highest BCUT2D eigenvalue weighted by atomic mass is 16.3. The smallest absolute Gasteiger partial charge is 0.256 e. The second-order valence-corrected chi connectivity index (χ2v) is 4.01. The molecule has 0 radical (unpaired) electrons. The van der Waals surface area contributed by atoms with Crippen LogP contribution in [0.5, 0.6) is 0 Å². The second-order valence-electron chi connectivity index (χ2n) is 4.01. The maximum atomic E-state index is 12.4. The Kier molecular flexibility index (Phi) is 3.79. The van der Waals surface area contributed by atoms with E-state index in [0.717, 1.165) is 10.9 Å². The van der Waals surface area contributed by atoms with Crippen LogP contribution in [0, 0.1) is 0 Å². The summed E-state index contributed by atoms with van der Waals surface area (Å²) in [4.78, 5) is 17.0. The average Bonchev–Trinajstić information content (AvgIpc) is 2.85. The van der Waals surface area contributed by atoms with Crippen LogP contribution in [0.3, 0.4) is 0 Å². The number of para-hydroxylation sites is 1. The Labute approximate surface area is 106 Å². The minimum Gasteiger partial charge on any atom is -0.395 e. The fraction of sp³-hybridized carbons (Fsp3) is 0.214. The van der Waals surface area contributed by atoms with Gasteiger partial charge in [0.05, 0.1) is 17.7 Å². The summed E-state index contributed by atoms with van der Waals surface area (Å²) in [5.41, 5.74) is 1.45. The van der Waals surface area contributed by atoms with Crippen molar-refractivity contribution < 1.29 is 9.90 Å². The van der Waals surface area contributed by atoms with Gasteiger partial charge in [-0.3, -0.25) is 4.79 Å². The maximum absolute atomic E-state index is 12.4. The molecule has 0 atom stereocenters. The number of aliphatic hydroxyl groups excluding tert-OH is 1. The molecule has 18 heavy (non-hydrogen) atoms. The molecule has 1 aromatic carbocycles. The first kappa shape index (κ1) is 12.4. The first-order valence-corrected chi connectivity index (χ1v) is 5.85. The van der Waals surface area contributed by atoms with Gasteiger partial charge in [-0.1, -0.05) is 18.2 Å². The number of aliphatic hydroxyl groups is 1. The summed E-state index contributed by atoms with van der Waals surface area (Å²) in [5.74, 6) is -0.1000. The SMILES string of the molecule is C=CCN(CCO)C(=O)c1cccc2cc[nH]c12. The standard InChI is InChI=1S/C14H16N2O2/c1-2-8-16(9-10-17)14(18)12-5-3-4-11-6-7-15-13(11)12/h2-7,15,17H,1,8-10H2. The number of H-pyrrole nitrogens is 1. The minimum absolute atomic E-state index is 0.0553. The van der Waals surface area contributed by atoms with E-state index in [-0.39, 0.29) is 12.5 Å². The third-order valence-corrected chi connectivity index (χ3v) is 2.82. The molecule has 4 heteroatoms. The van der Waals surface area contributed by atoms with Crippen molar-refractivity contribution in [2.24, 2.45) is 0 Å². The Morgan fingerprint density at radius 1 is 1.44 bits per heavy atom. The number of aromatic nitrogens is 1. The zero-order valence-electron chi connectivity index (χ0n) is 10.1. The van der Waals surface area contributed by atoms with Gasteiger partial charge in [-0.15, -0.1) is 6.58 Å². The van der Waals surface area contributed by atoms with E-state index in [0.29, 0.717) is 18.7 Å². The molecule has 0 aliphatic heterocycles. The number of carbonyl (C=O) groups is 1. The minimum atomic E-state index is -0.1000. The molecule has 0 aliphatic carbocycles. The number of hydrogen-bond acceptors (Lipinski definition) is 2. The average molecular weight is 244 g/mol. The molecule has 0 saturated heterocycles. The van der Waals surface area contributed by atoms with Gasteiger partial charge >= 0.3 is 0 Å². The van der Waals surface area contributed by atoms with Gasteiger partial charge in [0.1, 0.15) is 0 Å². The third-order valence-electron chi connectivity index (χ3n) is 2.82. The summed E-state index contributed by atoms with van der Waals surface area (Å²) in [5, 5.41) is 10.00. The van der Waals surface area contributed by atoms with Crippen LogP contribution >= 0.6 is 0 Å². The zero-order valence-corrected chi connectivity index (χ0v) is 10.1. The van der Waals surface area contributed by atoms with Gasteiger partial charge in [-0.05, 0) is 12.1 Å². The monoisotopic (exact) mass is 244 g/mol. The van der Waals surface area contributed by atoms with E-state index in [9.17, 15) is 4.79 Å². The third kappa shape index (κ3) is 2.28. The van der Waals surface area contributed by atoms with E-state index in [1.807, 2.05) is 24.4 Å². The lowest BCUT2D eigenvalue weighted by molar-refractivity contribution is 0.0744. The molecular weight excluding hydrogens is 228 g/mol. The first-order valence-electron chi connectivity index (χ1n) is 5.85. The molecule has 1 aromatic heterocycles. The lowest BCUT2D eigenvalue weighted by atomic mass is 10.1. The van der Waals surface area contributed by atoms with E-state index in [1.54, 1.807) is 17.0 Å². The lowest BCUT2D eigenvalue weighted by Crippen LogP contribution is -2.33. The molecule has 1 heterocycles. The van der Waals surface area contributed by atoms with Crippen LogP contribution in [0.15, 0.2) is 43.1 Å². The molecule has 94 valence electrons. The van der Waals surface area contributed by atoms with Crippen LogP contribution in [0.4, 0.5) is 0 Å². The highest BCUT2D eigenvalue weighted by molar-refractivity contribution is 6.05. The number of carbonyl (C=O) groups excluding carboxylic acids is 1. The Morgan fingerprint density at radius 2 is 2.28 bits per heavy atom. The molecule has 0 saturated carbocycles. The van der Waals surface area contributed by atoms with Crippen molar-refractivity contribution in [3.05, 3.63) is 48.7 Å². The Morgan fingerprint density at radius 3 is 3.00 bits per heavy atom. The van der Waals surface area contributed by atoms with E-state index in [2.05, 4.69) is 11.6 Å². The zero-order chi connectivity index (χ0) is 13.0. The van der Waals surface area contributed by atoms with Crippen molar-refractivity contribution in [2.75, 3.05) is 19.7 Å². The molecule has 0 unspecified atom stereocenters. The number of benzene rings is 1. The molecule has 2 aromatic rings. The van der Waals surface area contributed by atoms with Gasteiger partial charge in [0, 0.05) is 24.7 Å². The van der Waals surface area contributed by atoms with Crippen molar-refractivity contribution in [3.8, 4) is 0 Å². The summed E-state index contributed by atoms with van der Waals surface area (Å²) in [7, 11) is 0. The highest BCUT2D eigenvalue weighted by Gasteiger charge is 2.16. The number of hydrogen-bond donors (Lipinski definition) is 2. The number of fused-ring (bicyclic) bond motifs is 1. The van der Waals surface area contributed by atoms with E-state index in [4.69, 9.17) is 5.11 Å². The van der Waals surface area contributed by atoms with E-state index >= 15 is 0 Å². The van der Waals surface area contributed by atoms with Crippen LogP contribution in [0.2, 0.25) is 0 Å². The largest absolute Gasteiger partial charge is 0.395 e. The molecule has 0 aliphatic rings. The van der Waals surface area contributed by atoms with Crippen LogP contribution in [-0.2, 0) is 0 Å². The molecular formula is C14H16N2O2. The Bertz CT molecular complexity index is 560. The topological polar surface area (TPSA) is 56.3 Å². The number of nitrogens with one attached hydrogen (secondary N) is 1. The number of aromatic amines is 1. The molecule has 4 nitrogen and oxygen atoms in total. The van der Waals surface area contributed by atoms with Gasteiger partial charge in [0.2, 0.25) is 0 Å². The highest BCUT2D eigenvalue weighted by Crippen LogP contribution is 2.18. The number of nitrogens with zero attached hydrogens (tertiary/aromatic N) is 1. The fourth-order valence-electron chi connectivity index (χ4n) is 1.99. The van der Waals surface area contributed by atoms with Gasteiger partial charge in [-0.2, -0.15) is 0 Å². The van der Waals surface area contributed by atoms with Crippen LogP contribution in [0.1, 0.15) is 10.4 Å². The van der Waals surface area contributed by atoms with Crippen LogP contribution in [0.25, 0.3) is 10.9 Å². The second kappa shape index (κ2) is 5.51. The van der Waals surface area contributed by atoms with E-state index in [1.165, 1.54) is 0 Å². The van der Waals surface area contributed by atoms with Gasteiger partial charge in [0.15, 0.2) is 0 Å². The van der Waals surface area contributed by atoms with Gasteiger partial charge < -0.3 is 15.0 Å². The van der Waals surface area contributed by atoms with Crippen molar-refractivity contribution in [1.82, 2.24) is 9.88 Å². The number of amides is 1. The molecule has 0 bridgehead atoms. The van der Waals surface area contributed by atoms with Crippen LogP contribution < -0.4 is 0 Å². The lowest BCUT2D eigenvalue weighted by Gasteiger charge is -2.20. The molecule has 0 spiro atoms. The summed E-state index contributed by atoms with van der Waals surface area (Å²) in [6.45, 7) is 4.31. The fourth-order valence-corrected chi connectivity index (χ4v) is 1.99. The molecule has 0 fully saturated rings. The Hall–Kier alpha value is -2.07. The maximum Gasteiger partial charge on any atom is 0.256 e. The Balaban J connectivity index is 2.36. The van der Waals surface area contributed by atoms with Gasteiger partial charge in [-0.25, -0.2) is 0 Å². The summed E-state index contributed by atoms with van der Waals surface area (Å²) < 4.78 is 0. The van der Waals surface area contributed by atoms with E-state index < -0.39 is 0 Å². The van der Waals surface area contributed by atoms with Crippen molar-refractivity contribution in [3.63, 3.8) is 0 Å². The first-order chi connectivity index (χ1) is 8.77. The summed E-state index contributed by atoms with van der Waals surface area (Å²) in [6.07, 6.45) is 3.47. The molecule has 1 amide bonds. The van der Waals surface area contributed by atoms with Crippen molar-refractivity contribution in [1.29, 1.82) is 0 Å². The van der Waals surface area contributed by atoms with Crippen molar-refractivity contribution >= 4 is 16.8 Å².